The largest absolute Gasteiger partial charge is 0.337 e. The van der Waals surface area contributed by atoms with Gasteiger partial charge in [-0.05, 0) is 49.9 Å². The van der Waals surface area contributed by atoms with Gasteiger partial charge in [0.2, 0.25) is 23.5 Å². The number of benzene rings is 1. The number of hydrogen-bond acceptors (Lipinski definition) is 5. The number of likely N-dealkylation sites (tertiary alicyclic amines) is 1. The molecule has 1 aliphatic heterocycles. The molecule has 1 fully saturated rings. The van der Waals surface area contributed by atoms with E-state index in [4.69, 9.17) is 4.52 Å². The fourth-order valence-corrected chi connectivity index (χ4v) is 4.36. The summed E-state index contributed by atoms with van der Waals surface area (Å²) < 4.78 is 6.56. The number of aromatic nitrogens is 2. The molecule has 178 valence electrons. The third-order valence-electron chi connectivity index (χ3n) is 5.92. The van der Waals surface area contributed by atoms with Gasteiger partial charge in [0.1, 0.15) is 12.6 Å². The van der Waals surface area contributed by atoms with Gasteiger partial charge < -0.3 is 14.3 Å². The van der Waals surface area contributed by atoms with E-state index in [1.807, 2.05) is 24.3 Å². The molecule has 1 aromatic heterocycles. The van der Waals surface area contributed by atoms with Crippen molar-refractivity contribution < 1.29 is 14.1 Å². The van der Waals surface area contributed by atoms with E-state index in [-0.39, 0.29) is 24.4 Å². The van der Waals surface area contributed by atoms with Crippen molar-refractivity contribution in [3.63, 3.8) is 0 Å². The third-order valence-corrected chi connectivity index (χ3v) is 6.45. The average molecular weight is 517 g/mol. The summed E-state index contributed by atoms with van der Waals surface area (Å²) in [4.78, 5) is 34.0. The molecular formula is C25H33BrN4O3. The standard InChI is InChI=1S/C25H33BrN4O3/c1-3-5-6-7-11-22(31)29(16-4-2)18-23(32)30-17-9-8-10-21(30)25-27-24(28-33-25)19-12-14-20(26)15-13-19/h4,12-15,21H,2-3,5-11,16-18H2,1H3/t21-/m1/s1. The summed E-state index contributed by atoms with van der Waals surface area (Å²) >= 11 is 3.43. The summed E-state index contributed by atoms with van der Waals surface area (Å²) in [5, 5.41) is 4.14. The molecule has 2 amide bonds. The van der Waals surface area contributed by atoms with Crippen LogP contribution in [0, 0.1) is 0 Å². The molecule has 0 bridgehead atoms. The number of carbonyl (C=O) groups is 2. The highest BCUT2D eigenvalue weighted by molar-refractivity contribution is 9.10. The number of piperidine rings is 1. The number of nitrogens with zero attached hydrogens (tertiary/aromatic N) is 4. The molecule has 1 aliphatic rings. The fraction of sp³-hybridized carbons (Fsp3) is 0.520. The molecule has 8 heteroatoms. The first kappa shape index (κ1) is 25.1. The summed E-state index contributed by atoms with van der Waals surface area (Å²) in [5.41, 5.74) is 0.854. The predicted octanol–water partition coefficient (Wildman–Crippen LogP) is 5.54. The average Bonchev–Trinajstić information content (AvgIpc) is 3.32. The lowest BCUT2D eigenvalue weighted by Crippen LogP contribution is -2.46. The highest BCUT2D eigenvalue weighted by Gasteiger charge is 2.33. The monoisotopic (exact) mass is 516 g/mol. The summed E-state index contributed by atoms with van der Waals surface area (Å²) in [6.45, 7) is 6.93. The zero-order valence-electron chi connectivity index (χ0n) is 19.3. The first-order chi connectivity index (χ1) is 16.0. The second-order valence-electron chi connectivity index (χ2n) is 8.44. The van der Waals surface area contributed by atoms with Crippen molar-refractivity contribution in [1.29, 1.82) is 0 Å². The van der Waals surface area contributed by atoms with Crippen molar-refractivity contribution in [3.8, 4) is 11.4 Å². The van der Waals surface area contributed by atoms with Crippen LogP contribution in [0.4, 0.5) is 0 Å². The Labute approximate surface area is 204 Å². The van der Waals surface area contributed by atoms with Gasteiger partial charge in [0.15, 0.2) is 0 Å². The van der Waals surface area contributed by atoms with Gasteiger partial charge in [0.25, 0.3) is 0 Å². The van der Waals surface area contributed by atoms with Crippen molar-refractivity contribution in [2.24, 2.45) is 0 Å². The molecule has 0 aliphatic carbocycles. The second kappa shape index (κ2) is 12.7. The number of carbonyl (C=O) groups excluding carboxylic acids is 2. The predicted molar refractivity (Wildman–Crippen MR) is 131 cm³/mol. The van der Waals surface area contributed by atoms with Gasteiger partial charge in [0, 0.05) is 29.5 Å². The maximum Gasteiger partial charge on any atom is 0.249 e. The zero-order valence-corrected chi connectivity index (χ0v) is 20.9. The van der Waals surface area contributed by atoms with Crippen molar-refractivity contribution >= 4 is 27.7 Å². The third kappa shape index (κ3) is 7.00. The molecule has 0 unspecified atom stereocenters. The molecular weight excluding hydrogens is 484 g/mol. The van der Waals surface area contributed by atoms with Crippen molar-refractivity contribution in [2.75, 3.05) is 19.6 Å². The van der Waals surface area contributed by atoms with Crippen LogP contribution in [0.3, 0.4) is 0 Å². The molecule has 1 aromatic carbocycles. The van der Waals surface area contributed by atoms with E-state index < -0.39 is 0 Å². The van der Waals surface area contributed by atoms with Crippen LogP contribution in [0.25, 0.3) is 11.4 Å². The molecule has 0 N–H and O–H groups in total. The summed E-state index contributed by atoms with van der Waals surface area (Å²) in [5.74, 6) is 0.864. The number of unbranched alkanes of at least 4 members (excludes halogenated alkanes) is 3. The highest BCUT2D eigenvalue weighted by atomic mass is 79.9. The van der Waals surface area contributed by atoms with Crippen molar-refractivity contribution in [2.45, 2.75) is 64.3 Å². The Kier molecular flexibility index (Phi) is 9.66. The van der Waals surface area contributed by atoms with Gasteiger partial charge in [0.05, 0.1) is 0 Å². The lowest BCUT2D eigenvalue weighted by atomic mass is 10.0. The number of rotatable bonds is 11. The summed E-state index contributed by atoms with van der Waals surface area (Å²) in [6, 6.07) is 7.42. The van der Waals surface area contributed by atoms with Gasteiger partial charge in [-0.15, -0.1) is 6.58 Å². The van der Waals surface area contributed by atoms with E-state index in [1.165, 1.54) is 0 Å². The normalized spacial score (nSPS) is 15.9. The SMILES string of the molecule is C=CCN(CC(=O)N1CCCC[C@@H]1c1nc(-c2ccc(Br)cc2)no1)C(=O)CCCCCC. The highest BCUT2D eigenvalue weighted by Crippen LogP contribution is 2.31. The van der Waals surface area contributed by atoms with Crippen LogP contribution in [-0.2, 0) is 9.59 Å². The molecule has 0 saturated carbocycles. The van der Waals surface area contributed by atoms with E-state index >= 15 is 0 Å². The van der Waals surface area contributed by atoms with Crippen LogP contribution in [-0.4, -0.2) is 51.4 Å². The Morgan fingerprint density at radius 3 is 2.76 bits per heavy atom. The molecule has 1 atom stereocenters. The lowest BCUT2D eigenvalue weighted by Gasteiger charge is -2.35. The molecule has 7 nitrogen and oxygen atoms in total. The van der Waals surface area contributed by atoms with Crippen LogP contribution < -0.4 is 0 Å². The summed E-state index contributed by atoms with van der Waals surface area (Å²) in [7, 11) is 0. The number of hydrogen-bond donors (Lipinski definition) is 0. The van der Waals surface area contributed by atoms with Crippen LogP contribution in [0.5, 0.6) is 0 Å². The number of amides is 2. The minimum Gasteiger partial charge on any atom is -0.337 e. The Balaban J connectivity index is 1.68. The minimum atomic E-state index is -0.270. The van der Waals surface area contributed by atoms with E-state index in [0.717, 1.165) is 55.0 Å². The Morgan fingerprint density at radius 2 is 2.03 bits per heavy atom. The Hall–Kier alpha value is -2.48. The van der Waals surface area contributed by atoms with Crippen LogP contribution in [0.2, 0.25) is 0 Å². The molecule has 1 saturated heterocycles. The fourth-order valence-electron chi connectivity index (χ4n) is 4.10. The topological polar surface area (TPSA) is 79.5 Å². The molecule has 0 spiro atoms. The van der Waals surface area contributed by atoms with Crippen LogP contribution in [0.1, 0.15) is 70.2 Å². The molecule has 0 radical (unpaired) electrons. The maximum absolute atomic E-state index is 13.3. The van der Waals surface area contributed by atoms with E-state index in [2.05, 4.69) is 39.6 Å². The van der Waals surface area contributed by atoms with E-state index in [1.54, 1.807) is 15.9 Å². The molecule has 3 rings (SSSR count). The Morgan fingerprint density at radius 1 is 1.24 bits per heavy atom. The molecule has 2 aromatic rings. The quantitative estimate of drug-likeness (QED) is 0.289. The second-order valence-corrected chi connectivity index (χ2v) is 9.35. The van der Waals surface area contributed by atoms with Crippen molar-refractivity contribution in [3.05, 3.63) is 47.3 Å². The van der Waals surface area contributed by atoms with Crippen LogP contribution >= 0.6 is 15.9 Å². The van der Waals surface area contributed by atoms with E-state index in [9.17, 15) is 9.59 Å². The first-order valence-corrected chi connectivity index (χ1v) is 12.6. The number of halogens is 1. The van der Waals surface area contributed by atoms with Crippen LogP contribution in [0.15, 0.2) is 45.9 Å². The summed E-state index contributed by atoms with van der Waals surface area (Å²) in [6.07, 6.45) is 8.93. The first-order valence-electron chi connectivity index (χ1n) is 11.8. The van der Waals surface area contributed by atoms with Gasteiger partial charge in [-0.25, -0.2) is 0 Å². The van der Waals surface area contributed by atoms with Gasteiger partial charge >= 0.3 is 0 Å². The molecule has 33 heavy (non-hydrogen) atoms. The Bertz CT molecular complexity index is 928. The lowest BCUT2D eigenvalue weighted by molar-refractivity contribution is -0.143. The molecule has 2 heterocycles. The van der Waals surface area contributed by atoms with Gasteiger partial charge in [-0.3, -0.25) is 9.59 Å². The van der Waals surface area contributed by atoms with E-state index in [0.29, 0.717) is 31.2 Å². The smallest absolute Gasteiger partial charge is 0.249 e. The van der Waals surface area contributed by atoms with Gasteiger partial charge in [-0.2, -0.15) is 4.98 Å². The maximum atomic E-state index is 13.3. The minimum absolute atomic E-state index is 0.00299. The van der Waals surface area contributed by atoms with Gasteiger partial charge in [-0.1, -0.05) is 53.3 Å². The zero-order chi connectivity index (χ0) is 23.6. The van der Waals surface area contributed by atoms with Crippen molar-refractivity contribution in [1.82, 2.24) is 19.9 Å².